The lowest BCUT2D eigenvalue weighted by Crippen LogP contribution is -2.36. The highest BCUT2D eigenvalue weighted by molar-refractivity contribution is 6.05. The molecule has 0 fully saturated rings. The van der Waals surface area contributed by atoms with Crippen molar-refractivity contribution in [2.24, 2.45) is 5.73 Å². The summed E-state index contributed by atoms with van der Waals surface area (Å²) in [7, 11) is 1.81. The van der Waals surface area contributed by atoms with Crippen molar-refractivity contribution in [2.75, 3.05) is 13.6 Å². The highest BCUT2D eigenvalue weighted by Gasteiger charge is 2.19. The second-order valence-corrected chi connectivity index (χ2v) is 4.72. The van der Waals surface area contributed by atoms with E-state index in [1.807, 2.05) is 44.3 Å². The minimum Gasteiger partial charge on any atom is -0.339 e. The van der Waals surface area contributed by atoms with Gasteiger partial charge in [-0.2, -0.15) is 0 Å². The molecule has 1 heterocycles. The third-order valence-electron chi connectivity index (χ3n) is 3.43. The second kappa shape index (κ2) is 5.80. The Morgan fingerprint density at radius 1 is 1.37 bits per heavy atom. The summed E-state index contributed by atoms with van der Waals surface area (Å²) in [4.78, 5) is 18.6. The molecule has 0 saturated heterocycles. The SMILES string of the molecule is CC(CCN)N(C)C(=O)c1cccc2cccnc12. The Balaban J connectivity index is 2.36. The maximum Gasteiger partial charge on any atom is 0.256 e. The largest absolute Gasteiger partial charge is 0.339 e. The lowest BCUT2D eigenvalue weighted by atomic mass is 10.1. The molecule has 1 aromatic heterocycles. The van der Waals surface area contributed by atoms with Gasteiger partial charge in [-0.1, -0.05) is 18.2 Å². The minimum atomic E-state index is -0.00903. The molecule has 0 radical (unpaired) electrons. The van der Waals surface area contributed by atoms with Gasteiger partial charge in [-0.05, 0) is 32.0 Å². The van der Waals surface area contributed by atoms with Crippen molar-refractivity contribution in [3.63, 3.8) is 0 Å². The van der Waals surface area contributed by atoms with Crippen molar-refractivity contribution in [3.8, 4) is 0 Å². The Kier molecular flexibility index (Phi) is 4.12. The van der Waals surface area contributed by atoms with Crippen molar-refractivity contribution in [1.29, 1.82) is 0 Å². The van der Waals surface area contributed by atoms with Gasteiger partial charge < -0.3 is 10.6 Å². The van der Waals surface area contributed by atoms with Gasteiger partial charge in [-0.15, -0.1) is 0 Å². The van der Waals surface area contributed by atoms with E-state index < -0.39 is 0 Å². The number of hydrogen-bond donors (Lipinski definition) is 1. The van der Waals surface area contributed by atoms with Crippen LogP contribution in [0, 0.1) is 0 Å². The van der Waals surface area contributed by atoms with E-state index in [9.17, 15) is 4.79 Å². The highest BCUT2D eigenvalue weighted by atomic mass is 16.2. The van der Waals surface area contributed by atoms with Gasteiger partial charge in [0.2, 0.25) is 0 Å². The highest BCUT2D eigenvalue weighted by Crippen LogP contribution is 2.18. The van der Waals surface area contributed by atoms with Crippen molar-refractivity contribution < 1.29 is 4.79 Å². The molecule has 2 N–H and O–H groups in total. The van der Waals surface area contributed by atoms with E-state index in [1.54, 1.807) is 11.1 Å². The van der Waals surface area contributed by atoms with E-state index in [2.05, 4.69) is 4.98 Å². The first kappa shape index (κ1) is 13.5. The molecule has 1 aromatic carbocycles. The fourth-order valence-corrected chi connectivity index (χ4v) is 2.10. The number of hydrogen-bond acceptors (Lipinski definition) is 3. The van der Waals surface area contributed by atoms with E-state index in [1.165, 1.54) is 0 Å². The summed E-state index contributed by atoms with van der Waals surface area (Å²) in [6, 6.07) is 9.63. The molecule has 0 aliphatic carbocycles. The third kappa shape index (κ3) is 2.74. The lowest BCUT2D eigenvalue weighted by molar-refractivity contribution is 0.0741. The summed E-state index contributed by atoms with van der Waals surface area (Å²) < 4.78 is 0. The Morgan fingerprint density at radius 2 is 2.11 bits per heavy atom. The van der Waals surface area contributed by atoms with Gasteiger partial charge >= 0.3 is 0 Å². The molecule has 1 amide bonds. The van der Waals surface area contributed by atoms with Gasteiger partial charge in [0.25, 0.3) is 5.91 Å². The van der Waals surface area contributed by atoms with Crippen molar-refractivity contribution in [3.05, 3.63) is 42.1 Å². The molecule has 0 bridgehead atoms. The molecule has 0 aliphatic heterocycles. The number of fused-ring (bicyclic) bond motifs is 1. The Morgan fingerprint density at radius 3 is 2.84 bits per heavy atom. The number of carbonyl (C=O) groups is 1. The smallest absolute Gasteiger partial charge is 0.256 e. The number of aromatic nitrogens is 1. The van der Waals surface area contributed by atoms with Crippen LogP contribution in [0.25, 0.3) is 10.9 Å². The minimum absolute atomic E-state index is 0.00903. The van der Waals surface area contributed by atoms with Crippen LogP contribution in [0.15, 0.2) is 36.5 Å². The van der Waals surface area contributed by atoms with Crippen LogP contribution in [0.5, 0.6) is 0 Å². The summed E-state index contributed by atoms with van der Waals surface area (Å²) in [6.45, 7) is 2.58. The number of nitrogens with zero attached hydrogens (tertiary/aromatic N) is 2. The first-order valence-electron chi connectivity index (χ1n) is 6.46. The van der Waals surface area contributed by atoms with Gasteiger partial charge in [0.15, 0.2) is 0 Å². The fraction of sp³-hybridized carbons (Fsp3) is 0.333. The molecule has 19 heavy (non-hydrogen) atoms. The van der Waals surface area contributed by atoms with Gasteiger partial charge in [0, 0.05) is 24.7 Å². The third-order valence-corrected chi connectivity index (χ3v) is 3.43. The van der Waals surface area contributed by atoms with Gasteiger partial charge in [-0.25, -0.2) is 0 Å². The zero-order chi connectivity index (χ0) is 13.8. The van der Waals surface area contributed by atoms with E-state index >= 15 is 0 Å². The molecule has 1 unspecified atom stereocenters. The quantitative estimate of drug-likeness (QED) is 0.912. The first-order valence-corrected chi connectivity index (χ1v) is 6.46. The van der Waals surface area contributed by atoms with Crippen LogP contribution in [-0.2, 0) is 0 Å². The molecule has 2 aromatic rings. The summed E-state index contributed by atoms with van der Waals surface area (Å²) in [5, 5.41) is 0.980. The molecule has 0 aliphatic rings. The van der Waals surface area contributed by atoms with Crippen LogP contribution in [-0.4, -0.2) is 35.4 Å². The molecule has 2 rings (SSSR count). The van der Waals surface area contributed by atoms with Crippen LogP contribution in [0.4, 0.5) is 0 Å². The summed E-state index contributed by atoms with van der Waals surface area (Å²) in [5.41, 5.74) is 6.94. The number of nitrogens with two attached hydrogens (primary N) is 1. The monoisotopic (exact) mass is 257 g/mol. The summed E-state index contributed by atoms with van der Waals surface area (Å²) in [6.07, 6.45) is 2.50. The Bertz CT molecular complexity index is 577. The average molecular weight is 257 g/mol. The predicted octanol–water partition coefficient (Wildman–Crippen LogP) is 2.04. The number of benzene rings is 1. The van der Waals surface area contributed by atoms with Gasteiger partial charge in [-0.3, -0.25) is 9.78 Å². The Hall–Kier alpha value is -1.94. The van der Waals surface area contributed by atoms with Crippen LogP contribution >= 0.6 is 0 Å². The Labute approximate surface area is 113 Å². The van der Waals surface area contributed by atoms with Crippen molar-refractivity contribution in [2.45, 2.75) is 19.4 Å². The van der Waals surface area contributed by atoms with Crippen LogP contribution < -0.4 is 5.73 Å². The number of rotatable bonds is 4. The van der Waals surface area contributed by atoms with Gasteiger partial charge in [0.05, 0.1) is 11.1 Å². The molecule has 4 nitrogen and oxygen atoms in total. The van der Waals surface area contributed by atoms with Gasteiger partial charge in [0.1, 0.15) is 0 Å². The topological polar surface area (TPSA) is 59.2 Å². The normalized spacial score (nSPS) is 12.4. The molecule has 0 spiro atoms. The van der Waals surface area contributed by atoms with E-state index in [4.69, 9.17) is 5.73 Å². The number of pyridine rings is 1. The lowest BCUT2D eigenvalue weighted by Gasteiger charge is -2.25. The number of carbonyl (C=O) groups excluding carboxylic acids is 1. The fourth-order valence-electron chi connectivity index (χ4n) is 2.10. The number of para-hydroxylation sites is 1. The predicted molar refractivity (Wildman–Crippen MR) is 77.0 cm³/mol. The second-order valence-electron chi connectivity index (χ2n) is 4.72. The van der Waals surface area contributed by atoms with E-state index in [0.29, 0.717) is 12.1 Å². The summed E-state index contributed by atoms with van der Waals surface area (Å²) in [5.74, 6) is -0.00903. The van der Waals surface area contributed by atoms with Crippen LogP contribution in [0.2, 0.25) is 0 Å². The molecule has 100 valence electrons. The molecule has 1 atom stereocenters. The zero-order valence-electron chi connectivity index (χ0n) is 11.3. The first-order chi connectivity index (χ1) is 9.15. The van der Waals surface area contributed by atoms with Crippen molar-refractivity contribution in [1.82, 2.24) is 9.88 Å². The van der Waals surface area contributed by atoms with Crippen molar-refractivity contribution >= 4 is 16.8 Å². The molecule has 0 saturated carbocycles. The summed E-state index contributed by atoms with van der Waals surface area (Å²) >= 11 is 0. The van der Waals surface area contributed by atoms with E-state index in [-0.39, 0.29) is 11.9 Å². The van der Waals surface area contributed by atoms with E-state index in [0.717, 1.165) is 17.3 Å². The standard InChI is InChI=1S/C15H19N3O/c1-11(8-9-16)18(2)15(19)13-7-3-5-12-6-4-10-17-14(12)13/h3-7,10-11H,8-9,16H2,1-2H3. The average Bonchev–Trinajstić information content (AvgIpc) is 2.45. The zero-order valence-corrected chi connectivity index (χ0v) is 11.3. The van der Waals surface area contributed by atoms with Crippen LogP contribution in [0.3, 0.4) is 0 Å². The molecule has 4 heteroatoms. The molecular weight excluding hydrogens is 238 g/mol. The maximum atomic E-state index is 12.5. The maximum absolute atomic E-state index is 12.5. The van der Waals surface area contributed by atoms with Crippen LogP contribution in [0.1, 0.15) is 23.7 Å². The molecular formula is C15H19N3O. The number of amides is 1.